The number of halogens is 7. The van der Waals surface area contributed by atoms with Gasteiger partial charge in [0.25, 0.3) is 0 Å². The topological polar surface area (TPSA) is 72.8 Å². The van der Waals surface area contributed by atoms with Gasteiger partial charge >= 0.3 is 12.1 Å². The number of benzene rings is 2. The van der Waals surface area contributed by atoms with Crippen LogP contribution in [0, 0.1) is 11.6 Å². The molecule has 0 saturated carbocycles. The standard InChI is InChI=1S/C13H9ClF4O3.C7H4ClFO2/c1-2-20-12(19)7-5-6-9(4-3-8(14)10(6)15)21-11(7)13(16,17)18;8-5-1-2-6(11)4(3-10)7(5)9/h3-5,11H,2H2,1H3;1-3,11H. The zero-order chi connectivity index (χ0) is 24.2. The number of fused-ring (bicyclic) bond motifs is 1. The van der Waals surface area contributed by atoms with Gasteiger partial charge in [-0.05, 0) is 37.3 Å². The fourth-order valence-electron chi connectivity index (χ4n) is 2.50. The van der Waals surface area contributed by atoms with Gasteiger partial charge in [0.15, 0.2) is 17.9 Å². The smallest absolute Gasteiger partial charge is 0.430 e. The van der Waals surface area contributed by atoms with Crippen molar-refractivity contribution in [2.75, 3.05) is 6.61 Å². The Morgan fingerprint density at radius 1 is 1.16 bits per heavy atom. The first-order valence-electron chi connectivity index (χ1n) is 8.64. The fraction of sp³-hybridized carbons (Fsp3) is 0.200. The van der Waals surface area contributed by atoms with Crippen molar-refractivity contribution < 1.29 is 46.1 Å². The fourth-order valence-corrected chi connectivity index (χ4v) is 2.83. The molecule has 0 aromatic heterocycles. The van der Waals surface area contributed by atoms with Crippen LogP contribution in [-0.4, -0.2) is 36.2 Å². The van der Waals surface area contributed by atoms with Crippen molar-refractivity contribution in [1.29, 1.82) is 0 Å². The van der Waals surface area contributed by atoms with Gasteiger partial charge in [-0.25, -0.2) is 13.6 Å². The van der Waals surface area contributed by atoms with E-state index in [9.17, 15) is 31.5 Å². The number of esters is 1. The lowest BCUT2D eigenvalue weighted by Crippen LogP contribution is -2.41. The summed E-state index contributed by atoms with van der Waals surface area (Å²) in [4.78, 5) is 21.8. The van der Waals surface area contributed by atoms with E-state index in [0.29, 0.717) is 0 Å². The van der Waals surface area contributed by atoms with E-state index in [2.05, 4.69) is 4.74 Å². The maximum atomic E-state index is 13.8. The van der Waals surface area contributed by atoms with E-state index < -0.39 is 46.8 Å². The van der Waals surface area contributed by atoms with Crippen molar-refractivity contribution in [2.24, 2.45) is 0 Å². The van der Waals surface area contributed by atoms with Crippen LogP contribution in [0.2, 0.25) is 10.0 Å². The number of ether oxygens (including phenoxy) is 2. The van der Waals surface area contributed by atoms with Gasteiger partial charge in [-0.3, -0.25) is 4.79 Å². The maximum absolute atomic E-state index is 13.8. The molecule has 12 heteroatoms. The Morgan fingerprint density at radius 3 is 2.28 bits per heavy atom. The molecule has 1 N–H and O–H groups in total. The van der Waals surface area contributed by atoms with Crippen LogP contribution in [-0.2, 0) is 9.53 Å². The van der Waals surface area contributed by atoms with Crippen LogP contribution < -0.4 is 4.74 Å². The lowest BCUT2D eigenvalue weighted by atomic mass is 10.0. The molecule has 2 aromatic rings. The molecule has 0 bridgehead atoms. The third-order valence-corrected chi connectivity index (χ3v) is 4.54. The summed E-state index contributed by atoms with van der Waals surface area (Å²) in [5, 5.41) is 8.42. The molecule has 3 rings (SSSR count). The summed E-state index contributed by atoms with van der Waals surface area (Å²) in [6.45, 7) is 1.32. The summed E-state index contributed by atoms with van der Waals surface area (Å²) in [5.74, 6) is -3.81. The number of carbonyl (C=O) groups excluding carboxylic acids is 2. The van der Waals surface area contributed by atoms with E-state index in [0.717, 1.165) is 24.3 Å². The number of alkyl halides is 3. The molecule has 32 heavy (non-hydrogen) atoms. The molecular weight excluding hydrogens is 486 g/mol. The summed E-state index contributed by atoms with van der Waals surface area (Å²) in [6, 6.07) is 4.53. The van der Waals surface area contributed by atoms with E-state index in [4.69, 9.17) is 33.0 Å². The first-order chi connectivity index (χ1) is 14.9. The number of carbonyl (C=O) groups is 2. The molecule has 0 saturated heterocycles. The van der Waals surface area contributed by atoms with Crippen LogP contribution >= 0.6 is 23.2 Å². The van der Waals surface area contributed by atoms with E-state index in [1.807, 2.05) is 0 Å². The Bertz CT molecular complexity index is 1070. The minimum absolute atomic E-state index is 0.119. The molecule has 0 spiro atoms. The molecule has 1 aliphatic rings. The molecule has 0 fully saturated rings. The highest BCUT2D eigenvalue weighted by atomic mass is 35.5. The van der Waals surface area contributed by atoms with Gasteiger partial charge in [0, 0.05) is 0 Å². The maximum Gasteiger partial charge on any atom is 0.430 e. The van der Waals surface area contributed by atoms with E-state index in [1.54, 1.807) is 0 Å². The summed E-state index contributed by atoms with van der Waals surface area (Å²) in [6.07, 6.45) is -6.37. The lowest BCUT2D eigenvalue weighted by Gasteiger charge is -2.28. The average Bonchev–Trinajstić information content (AvgIpc) is 2.73. The number of phenols is 1. The highest BCUT2D eigenvalue weighted by Crippen LogP contribution is 2.40. The van der Waals surface area contributed by atoms with Crippen LogP contribution in [0.25, 0.3) is 6.08 Å². The number of phenolic OH excluding ortho intramolecular Hbond substituents is 1. The minimum Gasteiger partial charge on any atom is -0.507 e. The molecule has 0 amide bonds. The van der Waals surface area contributed by atoms with Gasteiger partial charge in [0.05, 0.1) is 33.4 Å². The molecule has 0 radical (unpaired) electrons. The molecule has 5 nitrogen and oxygen atoms in total. The number of aldehydes is 1. The predicted molar refractivity (Wildman–Crippen MR) is 105 cm³/mol. The van der Waals surface area contributed by atoms with E-state index >= 15 is 0 Å². The second kappa shape index (κ2) is 10.2. The Hall–Kier alpha value is -2.85. The van der Waals surface area contributed by atoms with Gasteiger partial charge in [-0.2, -0.15) is 13.2 Å². The number of hydrogen-bond donors (Lipinski definition) is 1. The van der Waals surface area contributed by atoms with E-state index in [-0.39, 0.29) is 34.3 Å². The zero-order valence-corrected chi connectivity index (χ0v) is 17.5. The molecule has 1 unspecified atom stereocenters. The van der Waals surface area contributed by atoms with E-state index in [1.165, 1.54) is 13.0 Å². The average molecular weight is 499 g/mol. The van der Waals surface area contributed by atoms with Gasteiger partial charge in [-0.15, -0.1) is 0 Å². The van der Waals surface area contributed by atoms with Crippen molar-refractivity contribution in [1.82, 2.24) is 0 Å². The Kier molecular flexibility index (Phi) is 8.08. The number of hydrogen-bond acceptors (Lipinski definition) is 5. The highest BCUT2D eigenvalue weighted by Gasteiger charge is 2.49. The second-order valence-electron chi connectivity index (χ2n) is 6.04. The molecular formula is C20H13Cl2F5O5. The van der Waals surface area contributed by atoms with Gasteiger partial charge in [0.1, 0.15) is 11.5 Å². The predicted octanol–water partition coefficient (Wildman–Crippen LogP) is 5.75. The van der Waals surface area contributed by atoms with Gasteiger partial charge in [-0.1, -0.05) is 23.2 Å². The van der Waals surface area contributed by atoms with Crippen LogP contribution in [0.1, 0.15) is 22.8 Å². The summed E-state index contributed by atoms with van der Waals surface area (Å²) in [7, 11) is 0. The van der Waals surface area contributed by atoms with Gasteiger partial charge in [0.2, 0.25) is 6.10 Å². The van der Waals surface area contributed by atoms with Crippen LogP contribution in [0.3, 0.4) is 0 Å². The Morgan fingerprint density at radius 2 is 1.75 bits per heavy atom. The largest absolute Gasteiger partial charge is 0.507 e. The van der Waals surface area contributed by atoms with Crippen molar-refractivity contribution >= 4 is 41.5 Å². The molecule has 1 aliphatic heterocycles. The molecule has 1 atom stereocenters. The molecule has 1 heterocycles. The Labute approximate surface area is 187 Å². The van der Waals surface area contributed by atoms with Crippen LogP contribution in [0.15, 0.2) is 29.8 Å². The lowest BCUT2D eigenvalue weighted by molar-refractivity contribution is -0.188. The summed E-state index contributed by atoms with van der Waals surface area (Å²) >= 11 is 10.9. The van der Waals surface area contributed by atoms with Crippen molar-refractivity contribution in [3.05, 3.63) is 62.6 Å². The Balaban J connectivity index is 0.000000278. The summed E-state index contributed by atoms with van der Waals surface area (Å²) < 4.78 is 74.8. The zero-order valence-electron chi connectivity index (χ0n) is 16.0. The first-order valence-corrected chi connectivity index (χ1v) is 9.40. The quantitative estimate of drug-likeness (QED) is 0.331. The first kappa shape index (κ1) is 25.4. The normalized spacial score (nSPS) is 14.9. The second-order valence-corrected chi connectivity index (χ2v) is 6.86. The van der Waals surface area contributed by atoms with Crippen LogP contribution in [0.4, 0.5) is 22.0 Å². The monoisotopic (exact) mass is 498 g/mol. The highest BCUT2D eigenvalue weighted by molar-refractivity contribution is 6.31. The van der Waals surface area contributed by atoms with Crippen molar-refractivity contribution in [2.45, 2.75) is 19.2 Å². The minimum atomic E-state index is -4.84. The summed E-state index contributed by atoms with van der Waals surface area (Å²) in [5.41, 5.74) is -1.54. The molecule has 0 aliphatic carbocycles. The van der Waals surface area contributed by atoms with Crippen molar-refractivity contribution in [3.8, 4) is 11.5 Å². The number of rotatable bonds is 3. The van der Waals surface area contributed by atoms with Crippen LogP contribution in [0.5, 0.6) is 11.5 Å². The van der Waals surface area contributed by atoms with Crippen molar-refractivity contribution in [3.63, 3.8) is 0 Å². The number of aromatic hydroxyl groups is 1. The molecule has 172 valence electrons. The third-order valence-electron chi connectivity index (χ3n) is 3.96. The molecule has 2 aromatic carbocycles. The third kappa shape index (κ3) is 5.49. The SMILES string of the molecule is CCOC(=O)C1=Cc2c(ccc(Cl)c2F)OC1C(F)(F)F.O=Cc1c(O)ccc(Cl)c1F. The van der Waals surface area contributed by atoms with Gasteiger partial charge < -0.3 is 14.6 Å².